The first-order valence-corrected chi connectivity index (χ1v) is 13.4. The van der Waals surface area contributed by atoms with Crippen LogP contribution in [0.15, 0.2) is 70.6 Å². The Bertz CT molecular complexity index is 1350. The fourth-order valence-electron chi connectivity index (χ4n) is 3.35. The number of carbonyl (C=O) groups is 2. The molecule has 4 rings (SSSR count). The topological polar surface area (TPSA) is 79.2 Å². The molecule has 3 aromatic carbocycles. The Kier molecular flexibility index (Phi) is 8.61. The SMILES string of the molecule is CCN1C(=O)/C(=C/c2cc(Cl)c(OCc3ccc(I)cc3)c(Cl)c2)SC1=Nc1ccc(C(=O)O)cc1. The molecular formula is C26H19Cl2IN2O4S. The van der Waals surface area contributed by atoms with E-state index in [9.17, 15) is 9.59 Å². The number of likely N-dealkylation sites (N-methyl/N-ethyl adjacent to an activating group) is 1. The van der Waals surface area contributed by atoms with E-state index >= 15 is 0 Å². The number of hydrogen-bond acceptors (Lipinski definition) is 5. The van der Waals surface area contributed by atoms with E-state index in [0.717, 1.165) is 9.13 Å². The molecule has 3 aromatic rings. The van der Waals surface area contributed by atoms with Crippen LogP contribution in [0.4, 0.5) is 5.69 Å². The summed E-state index contributed by atoms with van der Waals surface area (Å²) in [5.74, 6) is -0.815. The standard InChI is InChI=1S/C26H19Cl2IN2O4S/c1-2-31-24(32)22(36-26(31)30-19-9-5-17(6-10-19)25(33)34)13-16-11-20(27)23(21(28)12-16)35-14-15-3-7-18(29)8-4-15/h3-13H,2,14H2,1H3,(H,33,34)/b22-13-,30-26?. The molecule has 0 saturated carbocycles. The smallest absolute Gasteiger partial charge is 0.335 e. The highest BCUT2D eigenvalue weighted by Crippen LogP contribution is 2.38. The van der Waals surface area contributed by atoms with Crippen LogP contribution in [0.3, 0.4) is 0 Å². The second-order valence-electron chi connectivity index (χ2n) is 7.64. The van der Waals surface area contributed by atoms with Gasteiger partial charge in [0.2, 0.25) is 0 Å². The van der Waals surface area contributed by atoms with Gasteiger partial charge in [-0.25, -0.2) is 9.79 Å². The van der Waals surface area contributed by atoms with Gasteiger partial charge in [-0.3, -0.25) is 9.69 Å². The normalized spacial score (nSPS) is 15.7. The van der Waals surface area contributed by atoms with Crippen LogP contribution in [0.25, 0.3) is 6.08 Å². The molecule has 6 nitrogen and oxygen atoms in total. The van der Waals surface area contributed by atoms with Crippen LogP contribution in [0, 0.1) is 3.57 Å². The Hall–Kier alpha value is -2.53. The van der Waals surface area contributed by atoms with Gasteiger partial charge in [-0.05, 0) is 107 Å². The monoisotopic (exact) mass is 652 g/mol. The average Bonchev–Trinajstić information content (AvgIpc) is 3.13. The highest BCUT2D eigenvalue weighted by atomic mass is 127. The number of aliphatic imine (C=N–C) groups is 1. The van der Waals surface area contributed by atoms with Crippen molar-refractivity contribution in [1.82, 2.24) is 4.90 Å². The number of amidine groups is 1. The predicted molar refractivity (Wildman–Crippen MR) is 153 cm³/mol. The van der Waals surface area contributed by atoms with Crippen molar-refractivity contribution in [2.75, 3.05) is 6.54 Å². The number of carboxylic acid groups (broad SMARTS) is 1. The molecule has 1 saturated heterocycles. The van der Waals surface area contributed by atoms with Crippen LogP contribution >= 0.6 is 57.6 Å². The first-order valence-electron chi connectivity index (χ1n) is 10.7. The first kappa shape index (κ1) is 26.5. The molecule has 1 aliphatic heterocycles. The number of ether oxygens (including phenoxy) is 1. The number of benzene rings is 3. The molecule has 0 aliphatic carbocycles. The molecule has 0 unspecified atom stereocenters. The number of aromatic carboxylic acids is 1. The minimum atomic E-state index is -1.01. The second kappa shape index (κ2) is 11.7. The van der Waals surface area contributed by atoms with Gasteiger partial charge in [0.25, 0.3) is 5.91 Å². The lowest BCUT2D eigenvalue weighted by atomic mass is 10.2. The second-order valence-corrected chi connectivity index (χ2v) is 10.7. The molecule has 0 atom stereocenters. The van der Waals surface area contributed by atoms with Crippen molar-refractivity contribution < 1.29 is 19.4 Å². The Balaban J connectivity index is 1.54. The Morgan fingerprint density at radius 2 is 1.75 bits per heavy atom. The molecule has 36 heavy (non-hydrogen) atoms. The maximum atomic E-state index is 13.0. The van der Waals surface area contributed by atoms with E-state index in [1.807, 2.05) is 31.2 Å². The molecule has 0 radical (unpaired) electrons. The van der Waals surface area contributed by atoms with Crippen LogP contribution < -0.4 is 4.74 Å². The average molecular weight is 653 g/mol. The van der Waals surface area contributed by atoms with Crippen LogP contribution in [-0.2, 0) is 11.4 Å². The Labute approximate surface area is 236 Å². The van der Waals surface area contributed by atoms with Crippen LogP contribution in [0.1, 0.15) is 28.4 Å². The summed E-state index contributed by atoms with van der Waals surface area (Å²) in [6.45, 7) is 2.61. The van der Waals surface area contributed by atoms with E-state index in [4.69, 9.17) is 33.0 Å². The lowest BCUT2D eigenvalue weighted by Gasteiger charge is -2.12. The number of amides is 1. The zero-order valence-corrected chi connectivity index (χ0v) is 23.4. The van der Waals surface area contributed by atoms with Gasteiger partial charge in [-0.15, -0.1) is 0 Å². The lowest BCUT2D eigenvalue weighted by Crippen LogP contribution is -2.28. The molecule has 1 amide bonds. The quantitative estimate of drug-likeness (QED) is 0.211. The Morgan fingerprint density at radius 1 is 1.11 bits per heavy atom. The summed E-state index contributed by atoms with van der Waals surface area (Å²) in [6, 6.07) is 17.5. The van der Waals surface area contributed by atoms with Gasteiger partial charge in [0, 0.05) is 10.1 Å². The summed E-state index contributed by atoms with van der Waals surface area (Å²) in [7, 11) is 0. The molecule has 1 aliphatic rings. The van der Waals surface area contributed by atoms with Crippen molar-refractivity contribution >= 4 is 86.4 Å². The minimum Gasteiger partial charge on any atom is -0.486 e. The molecule has 0 bridgehead atoms. The van der Waals surface area contributed by atoms with Crippen molar-refractivity contribution in [2.45, 2.75) is 13.5 Å². The number of rotatable bonds is 7. The molecule has 1 N–H and O–H groups in total. The molecule has 10 heteroatoms. The minimum absolute atomic E-state index is 0.168. The van der Waals surface area contributed by atoms with Gasteiger partial charge in [-0.2, -0.15) is 0 Å². The first-order chi connectivity index (χ1) is 17.2. The predicted octanol–water partition coefficient (Wildman–Crippen LogP) is 7.50. The van der Waals surface area contributed by atoms with E-state index in [1.165, 1.54) is 23.9 Å². The van der Waals surface area contributed by atoms with Crippen LogP contribution in [0.2, 0.25) is 10.0 Å². The van der Waals surface area contributed by atoms with Gasteiger partial charge < -0.3 is 9.84 Å². The van der Waals surface area contributed by atoms with Crippen molar-refractivity contribution in [3.8, 4) is 5.75 Å². The molecular weight excluding hydrogens is 634 g/mol. The molecule has 1 fully saturated rings. The maximum absolute atomic E-state index is 13.0. The number of thioether (sulfide) groups is 1. The van der Waals surface area contributed by atoms with Crippen molar-refractivity contribution in [3.63, 3.8) is 0 Å². The van der Waals surface area contributed by atoms with Gasteiger partial charge in [0.05, 0.1) is 26.2 Å². The molecule has 0 spiro atoms. The van der Waals surface area contributed by atoms with Gasteiger partial charge in [0.1, 0.15) is 6.61 Å². The summed E-state index contributed by atoms with van der Waals surface area (Å²) < 4.78 is 6.99. The third-order valence-electron chi connectivity index (χ3n) is 5.16. The number of halogens is 3. The number of hydrogen-bond donors (Lipinski definition) is 1. The number of carbonyl (C=O) groups excluding carboxylic acids is 1. The fraction of sp³-hybridized carbons (Fsp3) is 0.115. The third kappa shape index (κ3) is 6.23. The van der Waals surface area contributed by atoms with Gasteiger partial charge >= 0.3 is 5.97 Å². The van der Waals surface area contributed by atoms with E-state index in [0.29, 0.717) is 50.3 Å². The molecule has 1 heterocycles. The fourth-order valence-corrected chi connectivity index (χ4v) is 5.38. The summed E-state index contributed by atoms with van der Waals surface area (Å²) in [6.07, 6.45) is 1.71. The van der Waals surface area contributed by atoms with E-state index in [1.54, 1.807) is 35.2 Å². The van der Waals surface area contributed by atoms with Crippen LogP contribution in [0.5, 0.6) is 5.75 Å². The third-order valence-corrected chi connectivity index (χ3v) is 7.45. The molecule has 184 valence electrons. The van der Waals surface area contributed by atoms with Crippen molar-refractivity contribution in [3.05, 3.63) is 95.9 Å². The maximum Gasteiger partial charge on any atom is 0.335 e. The van der Waals surface area contributed by atoms with Crippen molar-refractivity contribution in [2.24, 2.45) is 4.99 Å². The van der Waals surface area contributed by atoms with Crippen molar-refractivity contribution in [1.29, 1.82) is 0 Å². The lowest BCUT2D eigenvalue weighted by molar-refractivity contribution is -0.122. The Morgan fingerprint density at radius 3 is 2.33 bits per heavy atom. The van der Waals surface area contributed by atoms with Gasteiger partial charge in [0.15, 0.2) is 10.9 Å². The highest BCUT2D eigenvalue weighted by Gasteiger charge is 2.32. The van der Waals surface area contributed by atoms with Gasteiger partial charge in [-0.1, -0.05) is 35.3 Å². The number of nitrogens with zero attached hydrogens (tertiary/aromatic N) is 2. The van der Waals surface area contributed by atoms with E-state index < -0.39 is 5.97 Å². The largest absolute Gasteiger partial charge is 0.486 e. The summed E-state index contributed by atoms with van der Waals surface area (Å²) in [5, 5.41) is 10.3. The highest BCUT2D eigenvalue weighted by molar-refractivity contribution is 14.1. The van der Waals surface area contributed by atoms with Crippen LogP contribution in [-0.4, -0.2) is 33.6 Å². The zero-order valence-electron chi connectivity index (χ0n) is 18.9. The number of carboxylic acids is 1. The summed E-state index contributed by atoms with van der Waals surface area (Å²) >= 11 is 16.4. The zero-order chi connectivity index (χ0) is 25.8. The van der Waals surface area contributed by atoms with E-state index in [-0.39, 0.29) is 11.5 Å². The summed E-state index contributed by atoms with van der Waals surface area (Å²) in [4.78, 5) is 30.6. The van der Waals surface area contributed by atoms with E-state index in [2.05, 4.69) is 27.6 Å². The molecule has 0 aromatic heterocycles. The summed E-state index contributed by atoms with van der Waals surface area (Å²) in [5.41, 5.74) is 2.37.